The van der Waals surface area contributed by atoms with E-state index in [2.05, 4.69) is 19.8 Å². The standard InChI is InChI=1S/C72H104N8O17/c1-46(2)39-55(76(11)65(83)60(28-24-53-26-30-62(74-44-53)80-33-37-91-38-34-80)96-70(88)58(42-51-21-22-51)78(13)71(89)97-72(7,8)9)67(85)93-48(5)63(81)75(10)57(41-50-19-20-50)69(87)95-59(27-23-52-25-29-61(73-43-52)79-31-35-90-36-32-79)64(82)77(12)56(40-47(3)4)68(86)94-49(6)66(84)92-45-54-17-15-14-16-18-54/h14-18,25-26,29-30,43-44,46-51,55-60H,19-24,27-28,31-42,45H2,1-13H3/t48-,49-,55+,56+,57+,58+,59-,60-/m1/s1. The van der Waals surface area contributed by atoms with Gasteiger partial charge in [0.15, 0.2) is 24.4 Å². The average molecular weight is 1350 g/mol. The highest BCUT2D eigenvalue weighted by Gasteiger charge is 2.44. The Morgan fingerprint density at radius 2 is 0.897 bits per heavy atom. The molecule has 4 aliphatic rings. The van der Waals surface area contributed by atoms with Crippen LogP contribution in [0, 0.1) is 23.7 Å². The van der Waals surface area contributed by atoms with Gasteiger partial charge >= 0.3 is 35.9 Å². The largest absolute Gasteiger partial charge is 0.458 e. The van der Waals surface area contributed by atoms with Gasteiger partial charge in [0.2, 0.25) is 0 Å². The van der Waals surface area contributed by atoms with Gasteiger partial charge in [-0.1, -0.05) is 95.8 Å². The van der Waals surface area contributed by atoms with E-state index in [9.17, 15) is 33.6 Å². The van der Waals surface area contributed by atoms with E-state index >= 15 is 9.59 Å². The second-order valence-corrected chi connectivity index (χ2v) is 28.0. The topological polar surface area (TPSA) is 273 Å². The molecule has 25 heteroatoms. The predicted molar refractivity (Wildman–Crippen MR) is 359 cm³/mol. The summed E-state index contributed by atoms with van der Waals surface area (Å²) in [4.78, 5) is 148. The molecular formula is C72H104N8O17. The number of aromatic nitrogens is 2. The molecule has 25 nitrogen and oxygen atoms in total. The molecule has 2 saturated heterocycles. The van der Waals surface area contributed by atoms with Crippen LogP contribution in [0.4, 0.5) is 16.4 Å². The summed E-state index contributed by atoms with van der Waals surface area (Å²) in [5.74, 6) is -5.19. The number of carbonyl (C=O) groups excluding carboxylic acids is 9. The van der Waals surface area contributed by atoms with E-state index in [-0.39, 0.29) is 81.6 Å². The average Bonchev–Trinajstić information content (AvgIpc) is 1.80. The zero-order chi connectivity index (χ0) is 70.7. The highest BCUT2D eigenvalue weighted by molar-refractivity contribution is 5.93. The summed E-state index contributed by atoms with van der Waals surface area (Å²) in [6.45, 7) is 20.3. The van der Waals surface area contributed by atoms with Gasteiger partial charge in [0.05, 0.1) is 26.4 Å². The van der Waals surface area contributed by atoms with Crippen LogP contribution in [-0.4, -0.2) is 218 Å². The van der Waals surface area contributed by atoms with Crippen molar-refractivity contribution in [3.63, 3.8) is 0 Å². The van der Waals surface area contributed by atoms with Crippen molar-refractivity contribution >= 4 is 65.3 Å². The lowest BCUT2D eigenvalue weighted by Gasteiger charge is -2.34. The molecule has 97 heavy (non-hydrogen) atoms. The zero-order valence-corrected chi connectivity index (χ0v) is 59.1. The van der Waals surface area contributed by atoms with Crippen LogP contribution in [0.25, 0.3) is 0 Å². The van der Waals surface area contributed by atoms with E-state index in [4.69, 9.17) is 37.9 Å². The highest BCUT2D eigenvalue weighted by Crippen LogP contribution is 2.37. The quantitative estimate of drug-likeness (QED) is 0.0412. The molecule has 4 amide bonds. The minimum absolute atomic E-state index is 0.0228. The number of morpholine rings is 2. The highest BCUT2D eigenvalue weighted by atomic mass is 16.6. The van der Waals surface area contributed by atoms with Gasteiger partial charge in [0, 0.05) is 66.8 Å². The number of aryl methyl sites for hydroxylation is 2. The van der Waals surface area contributed by atoms with Gasteiger partial charge in [-0.3, -0.25) is 19.3 Å². The molecule has 2 aliphatic heterocycles. The van der Waals surface area contributed by atoms with Gasteiger partial charge in [-0.15, -0.1) is 0 Å². The number of carbonyl (C=O) groups is 9. The van der Waals surface area contributed by atoms with Crippen LogP contribution in [0.15, 0.2) is 67.0 Å². The fourth-order valence-corrected chi connectivity index (χ4v) is 11.6. The lowest BCUT2D eigenvalue weighted by Crippen LogP contribution is -2.53. The number of rotatable bonds is 34. The van der Waals surface area contributed by atoms with E-state index in [0.717, 1.165) is 58.9 Å². The van der Waals surface area contributed by atoms with Crippen LogP contribution in [0.1, 0.15) is 143 Å². The first-order valence-corrected chi connectivity index (χ1v) is 34.4. The van der Waals surface area contributed by atoms with Crippen molar-refractivity contribution in [1.82, 2.24) is 29.6 Å². The number of esters is 5. The Morgan fingerprint density at radius 3 is 1.29 bits per heavy atom. The van der Waals surface area contributed by atoms with Crippen molar-refractivity contribution in [3.8, 4) is 0 Å². The molecule has 4 fully saturated rings. The molecule has 0 bridgehead atoms. The first-order valence-electron chi connectivity index (χ1n) is 34.4. The number of nitrogens with zero attached hydrogens (tertiary/aromatic N) is 8. The van der Waals surface area contributed by atoms with Crippen LogP contribution in [-0.2, 0) is 95.7 Å². The fourth-order valence-electron chi connectivity index (χ4n) is 11.6. The van der Waals surface area contributed by atoms with Gasteiger partial charge in [0.25, 0.3) is 17.7 Å². The molecule has 1 aromatic carbocycles. The number of amides is 4. The minimum atomic E-state index is -1.52. The summed E-state index contributed by atoms with van der Waals surface area (Å²) in [5.41, 5.74) is 1.36. The van der Waals surface area contributed by atoms with Crippen molar-refractivity contribution in [2.45, 2.75) is 200 Å². The SMILES string of the molecule is CC(C)C[C@@H](C(=O)O[C@H](C)C(=O)N(C)[C@@H](CC1CC1)C(=O)O[C@H](CCc1ccc(N2CCOCC2)nc1)C(=O)N(C)[C@@H](CC(C)C)C(=O)O[C@H](C)C(=O)OCc1ccccc1)N(C)C(=O)[C@@H](CCc1ccc(N2CCOCC2)nc1)OC(=O)[C@H](CC1CC1)N(C)C(=O)OC(C)(C)C. The third kappa shape index (κ3) is 23.7. The summed E-state index contributed by atoms with van der Waals surface area (Å²) in [6.07, 6.45) is 1.08. The molecule has 0 spiro atoms. The normalized spacial score (nSPS) is 17.4. The van der Waals surface area contributed by atoms with Crippen LogP contribution in [0.2, 0.25) is 0 Å². The Hall–Kier alpha value is -7.93. The van der Waals surface area contributed by atoms with Gasteiger partial charge in [-0.25, -0.2) is 38.7 Å². The summed E-state index contributed by atoms with van der Waals surface area (Å²) in [5, 5.41) is 0. The van der Waals surface area contributed by atoms with Crippen LogP contribution in [0.5, 0.6) is 0 Å². The maximum atomic E-state index is 15.1. The number of ether oxygens (including phenoxy) is 8. The lowest BCUT2D eigenvalue weighted by molar-refractivity contribution is -0.176. The van der Waals surface area contributed by atoms with Crippen LogP contribution < -0.4 is 9.80 Å². The molecule has 8 atom stereocenters. The second kappa shape index (κ2) is 36.1. The Morgan fingerprint density at radius 1 is 0.495 bits per heavy atom. The summed E-state index contributed by atoms with van der Waals surface area (Å²) < 4.78 is 46.2. The van der Waals surface area contributed by atoms with Crippen molar-refractivity contribution in [1.29, 1.82) is 0 Å². The number of anilines is 2. The van der Waals surface area contributed by atoms with Crippen LogP contribution in [0.3, 0.4) is 0 Å². The Bertz CT molecular complexity index is 3090. The first kappa shape index (κ1) is 76.4. The fraction of sp³-hybridized carbons (Fsp3) is 0.653. The van der Waals surface area contributed by atoms with E-state index in [0.29, 0.717) is 52.6 Å². The van der Waals surface area contributed by atoms with Gasteiger partial charge in [0.1, 0.15) is 48.0 Å². The molecule has 2 aromatic heterocycles. The lowest BCUT2D eigenvalue weighted by atomic mass is 10.0. The van der Waals surface area contributed by atoms with E-state index in [1.54, 1.807) is 57.4 Å². The second-order valence-electron chi connectivity index (χ2n) is 28.0. The number of pyridine rings is 2. The molecule has 534 valence electrons. The smallest absolute Gasteiger partial charge is 0.410 e. The van der Waals surface area contributed by atoms with Crippen molar-refractivity contribution < 1.29 is 81.0 Å². The van der Waals surface area contributed by atoms with E-state index in [1.807, 2.05) is 58.0 Å². The molecule has 2 saturated carbocycles. The molecule has 0 radical (unpaired) electrons. The first-order chi connectivity index (χ1) is 46.1. The molecule has 0 N–H and O–H groups in total. The number of hydrogen-bond donors (Lipinski definition) is 0. The number of likely N-dealkylation sites (N-methyl/N-ethyl adjacent to an activating group) is 4. The molecule has 3 aromatic rings. The van der Waals surface area contributed by atoms with Crippen LogP contribution >= 0.6 is 0 Å². The third-order valence-electron chi connectivity index (χ3n) is 17.8. The van der Waals surface area contributed by atoms with Crippen molar-refractivity contribution in [2.75, 3.05) is 90.6 Å². The number of hydrogen-bond acceptors (Lipinski definition) is 21. The van der Waals surface area contributed by atoms with E-state index < -0.39 is 108 Å². The molecular weight excluding hydrogens is 1250 g/mol. The summed E-state index contributed by atoms with van der Waals surface area (Å²) in [7, 11) is 5.69. The summed E-state index contributed by atoms with van der Waals surface area (Å²) in [6, 6.07) is 11.7. The molecule has 2 aliphatic carbocycles. The Balaban J connectivity index is 1.09. The molecule has 7 rings (SSSR count). The van der Waals surface area contributed by atoms with Gasteiger partial charge in [-0.05, 0) is 138 Å². The third-order valence-corrected chi connectivity index (χ3v) is 17.8. The number of benzene rings is 1. The maximum absolute atomic E-state index is 15.1. The maximum Gasteiger partial charge on any atom is 0.410 e. The monoisotopic (exact) mass is 1350 g/mol. The van der Waals surface area contributed by atoms with E-state index in [1.165, 1.54) is 56.7 Å². The zero-order valence-electron chi connectivity index (χ0n) is 59.1. The van der Waals surface area contributed by atoms with Crippen molar-refractivity contribution in [2.24, 2.45) is 23.7 Å². The van der Waals surface area contributed by atoms with Gasteiger partial charge < -0.3 is 62.4 Å². The summed E-state index contributed by atoms with van der Waals surface area (Å²) >= 11 is 0. The predicted octanol–water partition coefficient (Wildman–Crippen LogP) is 7.55. The van der Waals surface area contributed by atoms with Crippen molar-refractivity contribution in [3.05, 3.63) is 83.7 Å². The molecule has 0 unspecified atom stereocenters. The Kier molecular flexibility index (Phi) is 28.4. The Labute approximate surface area is 571 Å². The molecule has 4 heterocycles. The minimum Gasteiger partial charge on any atom is -0.458 e. The van der Waals surface area contributed by atoms with Gasteiger partial charge in [-0.2, -0.15) is 0 Å².